The minimum absolute atomic E-state index is 0.154. The molecular weight excluding hydrogens is 371 g/mol. The number of benzene rings is 2. The molecule has 0 aliphatic carbocycles. The van der Waals surface area contributed by atoms with E-state index in [0.29, 0.717) is 29.6 Å². The third-order valence-corrected chi connectivity index (χ3v) is 4.19. The number of methoxy groups -OCH3 is 1. The number of aliphatic hydroxyl groups excluding tert-OH is 1. The van der Waals surface area contributed by atoms with Gasteiger partial charge in [-0.1, -0.05) is 23.7 Å². The van der Waals surface area contributed by atoms with Gasteiger partial charge in [-0.3, -0.25) is 0 Å². The Labute approximate surface area is 164 Å². The van der Waals surface area contributed by atoms with Crippen molar-refractivity contribution in [1.82, 2.24) is 10.6 Å². The summed E-state index contributed by atoms with van der Waals surface area (Å²) >= 11 is 6.38. The molecule has 3 N–H and O–H groups in total. The lowest BCUT2D eigenvalue weighted by atomic mass is 10.2. The predicted molar refractivity (Wildman–Crippen MR) is 105 cm³/mol. The summed E-state index contributed by atoms with van der Waals surface area (Å²) in [6.45, 7) is 3.41. The Bertz CT molecular complexity index is 698. The van der Waals surface area contributed by atoms with Gasteiger partial charge in [0.2, 0.25) is 0 Å². The predicted octanol–water partition coefficient (Wildman–Crippen LogP) is 3.13. The van der Waals surface area contributed by atoms with Gasteiger partial charge in [-0.25, -0.2) is 4.39 Å². The van der Waals surface area contributed by atoms with Crippen molar-refractivity contribution in [2.24, 2.45) is 0 Å². The van der Waals surface area contributed by atoms with Crippen LogP contribution in [0.4, 0.5) is 4.39 Å². The molecule has 0 unspecified atom stereocenters. The second-order valence-electron chi connectivity index (χ2n) is 6.03. The molecule has 0 amide bonds. The van der Waals surface area contributed by atoms with Gasteiger partial charge < -0.3 is 25.2 Å². The van der Waals surface area contributed by atoms with Crippen LogP contribution in [0.25, 0.3) is 0 Å². The smallest absolute Gasteiger partial charge is 0.180 e. The van der Waals surface area contributed by atoms with E-state index in [-0.39, 0.29) is 19.0 Å². The number of halogens is 2. The van der Waals surface area contributed by atoms with Crippen molar-refractivity contribution in [2.45, 2.75) is 19.6 Å². The summed E-state index contributed by atoms with van der Waals surface area (Å²) in [5, 5.41) is 15.6. The Morgan fingerprint density at radius 3 is 2.48 bits per heavy atom. The second-order valence-corrected chi connectivity index (χ2v) is 6.44. The fourth-order valence-corrected chi connectivity index (χ4v) is 2.81. The lowest BCUT2D eigenvalue weighted by Gasteiger charge is -2.15. The Morgan fingerprint density at radius 1 is 1.04 bits per heavy atom. The van der Waals surface area contributed by atoms with Crippen molar-refractivity contribution in [2.75, 3.05) is 33.4 Å². The van der Waals surface area contributed by atoms with Gasteiger partial charge in [0.25, 0.3) is 0 Å². The molecule has 0 spiro atoms. The summed E-state index contributed by atoms with van der Waals surface area (Å²) in [5.41, 5.74) is 1.84. The summed E-state index contributed by atoms with van der Waals surface area (Å²) in [6.07, 6.45) is 0.962. The molecule has 5 nitrogen and oxygen atoms in total. The van der Waals surface area contributed by atoms with Gasteiger partial charge in [-0.15, -0.1) is 0 Å². The zero-order chi connectivity index (χ0) is 19.5. The highest BCUT2D eigenvalue weighted by atomic mass is 35.5. The standard InChI is InChI=1S/C20H26ClFN2O3/c1-26-19-12-16(13-24-8-2-7-23-9-10-25)11-18(21)20(19)27-14-15-3-5-17(22)6-4-15/h3-6,11-12,23-25H,2,7-10,13-14H2,1H3. The quantitative estimate of drug-likeness (QED) is 0.481. The summed E-state index contributed by atoms with van der Waals surface area (Å²) in [6, 6.07) is 9.87. The van der Waals surface area contributed by atoms with E-state index >= 15 is 0 Å². The lowest BCUT2D eigenvalue weighted by molar-refractivity contribution is 0.284. The first-order valence-corrected chi connectivity index (χ1v) is 9.27. The Kier molecular flexibility index (Phi) is 9.35. The van der Waals surface area contributed by atoms with E-state index < -0.39 is 0 Å². The topological polar surface area (TPSA) is 62.8 Å². The van der Waals surface area contributed by atoms with Gasteiger partial charge in [0.1, 0.15) is 12.4 Å². The Morgan fingerprint density at radius 2 is 1.78 bits per heavy atom. The normalized spacial score (nSPS) is 10.8. The van der Waals surface area contributed by atoms with E-state index in [4.69, 9.17) is 26.2 Å². The molecule has 148 valence electrons. The number of hydrogen-bond donors (Lipinski definition) is 3. The van der Waals surface area contributed by atoms with Crippen LogP contribution in [0.3, 0.4) is 0 Å². The monoisotopic (exact) mass is 396 g/mol. The Balaban J connectivity index is 1.88. The van der Waals surface area contributed by atoms with Crippen LogP contribution in [0.2, 0.25) is 5.02 Å². The molecule has 0 aromatic heterocycles. The highest BCUT2D eigenvalue weighted by molar-refractivity contribution is 6.32. The zero-order valence-corrected chi connectivity index (χ0v) is 16.2. The summed E-state index contributed by atoms with van der Waals surface area (Å²) < 4.78 is 24.2. The molecule has 0 saturated carbocycles. The van der Waals surface area contributed by atoms with Crippen molar-refractivity contribution < 1.29 is 19.0 Å². The maximum atomic E-state index is 13.0. The van der Waals surface area contributed by atoms with Crippen LogP contribution in [-0.2, 0) is 13.2 Å². The minimum atomic E-state index is -0.282. The van der Waals surface area contributed by atoms with Crippen molar-refractivity contribution in [3.05, 3.63) is 58.4 Å². The number of aliphatic hydroxyl groups is 1. The van der Waals surface area contributed by atoms with Crippen LogP contribution in [0.15, 0.2) is 36.4 Å². The minimum Gasteiger partial charge on any atom is -0.493 e. The Hall–Kier alpha value is -1.86. The first-order chi connectivity index (χ1) is 13.1. The summed E-state index contributed by atoms with van der Waals surface area (Å²) in [5.74, 6) is 0.752. The van der Waals surface area contributed by atoms with Crippen LogP contribution in [0, 0.1) is 5.82 Å². The summed E-state index contributed by atoms with van der Waals surface area (Å²) in [7, 11) is 1.57. The van der Waals surface area contributed by atoms with Crippen LogP contribution >= 0.6 is 11.6 Å². The molecule has 2 aromatic carbocycles. The van der Waals surface area contributed by atoms with E-state index in [0.717, 1.165) is 30.6 Å². The van der Waals surface area contributed by atoms with Crippen LogP contribution in [0.1, 0.15) is 17.5 Å². The number of rotatable bonds is 12. The van der Waals surface area contributed by atoms with Gasteiger partial charge in [-0.05, 0) is 54.9 Å². The lowest BCUT2D eigenvalue weighted by Crippen LogP contribution is -2.23. The van der Waals surface area contributed by atoms with Crippen molar-refractivity contribution >= 4 is 11.6 Å². The number of ether oxygens (including phenoxy) is 2. The van der Waals surface area contributed by atoms with Gasteiger partial charge in [0.05, 0.1) is 18.7 Å². The molecule has 2 aromatic rings. The number of hydrogen-bond acceptors (Lipinski definition) is 5. The SMILES string of the molecule is COc1cc(CNCCCNCCO)cc(Cl)c1OCc1ccc(F)cc1. The molecular formula is C20H26ClFN2O3. The highest BCUT2D eigenvalue weighted by Crippen LogP contribution is 2.37. The third-order valence-electron chi connectivity index (χ3n) is 3.91. The maximum absolute atomic E-state index is 13.0. The molecule has 0 fully saturated rings. The second kappa shape index (κ2) is 11.8. The van der Waals surface area contributed by atoms with Crippen molar-refractivity contribution in [3.8, 4) is 11.5 Å². The molecule has 0 aliphatic heterocycles. The average Bonchev–Trinajstić information content (AvgIpc) is 2.67. The third kappa shape index (κ3) is 7.34. The molecule has 0 heterocycles. The largest absolute Gasteiger partial charge is 0.493 e. The van der Waals surface area contributed by atoms with Crippen molar-refractivity contribution in [3.63, 3.8) is 0 Å². The molecule has 27 heavy (non-hydrogen) atoms. The van der Waals surface area contributed by atoms with Gasteiger partial charge in [0, 0.05) is 13.1 Å². The van der Waals surface area contributed by atoms with Crippen LogP contribution in [0.5, 0.6) is 11.5 Å². The molecule has 7 heteroatoms. The number of nitrogens with one attached hydrogen (secondary N) is 2. The first-order valence-electron chi connectivity index (χ1n) is 8.90. The molecule has 2 rings (SSSR count). The van der Waals surface area contributed by atoms with Crippen molar-refractivity contribution in [1.29, 1.82) is 0 Å². The van der Waals surface area contributed by atoms with Crippen LogP contribution in [-0.4, -0.2) is 38.5 Å². The van der Waals surface area contributed by atoms with Gasteiger partial charge >= 0.3 is 0 Å². The van der Waals surface area contributed by atoms with E-state index in [9.17, 15) is 4.39 Å². The van der Waals surface area contributed by atoms with E-state index in [1.807, 2.05) is 12.1 Å². The molecule has 0 radical (unpaired) electrons. The average molecular weight is 397 g/mol. The van der Waals surface area contributed by atoms with E-state index in [2.05, 4.69) is 10.6 Å². The summed E-state index contributed by atoms with van der Waals surface area (Å²) in [4.78, 5) is 0. The van der Waals surface area contributed by atoms with E-state index in [1.165, 1.54) is 12.1 Å². The first kappa shape index (κ1) is 21.4. The molecule has 0 bridgehead atoms. The molecule has 0 aliphatic rings. The fourth-order valence-electron chi connectivity index (χ4n) is 2.53. The molecule has 0 saturated heterocycles. The highest BCUT2D eigenvalue weighted by Gasteiger charge is 2.12. The van der Waals surface area contributed by atoms with Gasteiger partial charge in [0.15, 0.2) is 11.5 Å². The van der Waals surface area contributed by atoms with E-state index in [1.54, 1.807) is 19.2 Å². The van der Waals surface area contributed by atoms with Gasteiger partial charge in [-0.2, -0.15) is 0 Å². The molecule has 0 atom stereocenters. The fraction of sp³-hybridized carbons (Fsp3) is 0.400. The van der Waals surface area contributed by atoms with Crippen LogP contribution < -0.4 is 20.1 Å². The zero-order valence-electron chi connectivity index (χ0n) is 15.4. The maximum Gasteiger partial charge on any atom is 0.180 e.